The first-order valence-corrected chi connectivity index (χ1v) is 15.5. The van der Waals surface area contributed by atoms with Crippen molar-refractivity contribution in [1.29, 1.82) is 0 Å². The number of unbranched alkanes of at least 4 members (excludes halogenated alkanes) is 3. The van der Waals surface area contributed by atoms with Crippen LogP contribution in [0.1, 0.15) is 59.3 Å². The van der Waals surface area contributed by atoms with Crippen LogP contribution in [0.2, 0.25) is 13.3 Å². The molecule has 0 bridgehead atoms. The van der Waals surface area contributed by atoms with Gasteiger partial charge in [0.1, 0.15) is 0 Å². The van der Waals surface area contributed by atoms with Crippen molar-refractivity contribution in [3.8, 4) is 0 Å². The Hall–Kier alpha value is -0.0613. The monoisotopic (exact) mass is 373 g/mol. The molecule has 0 fully saturated rings. The Balaban J connectivity index is 2.97. The second kappa shape index (κ2) is 8.98. The number of rotatable bonds is 10. The van der Waals surface area contributed by atoms with Gasteiger partial charge in [-0.1, -0.05) is 0 Å². The molecule has 0 spiro atoms. The van der Waals surface area contributed by atoms with Gasteiger partial charge in [-0.15, -0.1) is 0 Å². The van der Waals surface area contributed by atoms with Crippen LogP contribution in [0.5, 0.6) is 0 Å². The van der Waals surface area contributed by atoms with Gasteiger partial charge in [-0.3, -0.25) is 0 Å². The zero-order chi connectivity index (χ0) is 14.1. The standard InChI is InChI=1S/3C4H9.C3H4N3.Sn/c3*1-3-4-2;1-6-3-4-2-5-6;/h3*1,3-4H2,2H3;2H,1H3;. The molecule has 4 heteroatoms. The molecule has 0 atom stereocenters. The van der Waals surface area contributed by atoms with Crippen LogP contribution >= 0.6 is 0 Å². The normalized spacial score (nSPS) is 12.0. The van der Waals surface area contributed by atoms with Crippen molar-refractivity contribution in [3.05, 3.63) is 6.33 Å². The quantitative estimate of drug-likeness (QED) is 0.584. The van der Waals surface area contributed by atoms with Crippen molar-refractivity contribution in [2.45, 2.75) is 72.6 Å². The van der Waals surface area contributed by atoms with E-state index in [-0.39, 0.29) is 0 Å². The SMILES string of the molecule is CCC[CH2][Sn]([CH2]CCC)([CH2]CCC)[c]1ncnn1C. The summed E-state index contributed by atoms with van der Waals surface area (Å²) in [5, 5.41) is 4.36. The van der Waals surface area contributed by atoms with Crippen molar-refractivity contribution in [2.24, 2.45) is 7.05 Å². The molecule has 0 aliphatic heterocycles. The Morgan fingerprint density at radius 2 is 1.42 bits per heavy atom. The zero-order valence-electron chi connectivity index (χ0n) is 13.3. The molecular weight excluding hydrogens is 341 g/mol. The van der Waals surface area contributed by atoms with E-state index in [1.807, 2.05) is 0 Å². The maximum absolute atomic E-state index is 4.69. The molecular formula is C15H31N3Sn. The number of hydrogen-bond donors (Lipinski definition) is 0. The van der Waals surface area contributed by atoms with Gasteiger partial charge >= 0.3 is 123 Å². The fraction of sp³-hybridized carbons (Fsp3) is 0.867. The van der Waals surface area contributed by atoms with Crippen molar-refractivity contribution < 1.29 is 0 Å². The second-order valence-corrected chi connectivity index (χ2v) is 18.7. The molecule has 0 saturated heterocycles. The predicted molar refractivity (Wildman–Crippen MR) is 85.5 cm³/mol. The summed E-state index contributed by atoms with van der Waals surface area (Å²) in [4.78, 5) is 4.69. The van der Waals surface area contributed by atoms with Crippen LogP contribution in [-0.4, -0.2) is 33.1 Å². The molecule has 0 aliphatic carbocycles. The first-order valence-electron chi connectivity index (χ1n) is 8.04. The molecule has 110 valence electrons. The Morgan fingerprint density at radius 3 is 1.74 bits per heavy atom. The van der Waals surface area contributed by atoms with E-state index < -0.39 is 18.4 Å². The molecule has 0 N–H and O–H groups in total. The Kier molecular flexibility index (Phi) is 8.03. The molecule has 1 heterocycles. The van der Waals surface area contributed by atoms with E-state index in [0.29, 0.717) is 0 Å². The first-order chi connectivity index (χ1) is 9.20. The van der Waals surface area contributed by atoms with Gasteiger partial charge in [0.05, 0.1) is 0 Å². The molecule has 1 aromatic heterocycles. The summed E-state index contributed by atoms with van der Waals surface area (Å²) in [6.07, 6.45) is 9.87. The van der Waals surface area contributed by atoms with Gasteiger partial charge in [-0.25, -0.2) is 0 Å². The third-order valence-electron chi connectivity index (χ3n) is 4.21. The third-order valence-corrected chi connectivity index (χ3v) is 19.4. The van der Waals surface area contributed by atoms with Crippen molar-refractivity contribution in [3.63, 3.8) is 0 Å². The number of hydrogen-bond acceptors (Lipinski definition) is 2. The molecule has 1 rings (SSSR count). The number of nitrogens with zero attached hydrogens (tertiary/aromatic N) is 3. The molecule has 0 unspecified atom stereocenters. The van der Waals surface area contributed by atoms with Crippen LogP contribution in [-0.2, 0) is 7.05 Å². The van der Waals surface area contributed by atoms with Gasteiger partial charge in [0.15, 0.2) is 0 Å². The predicted octanol–water partition coefficient (Wildman–Crippen LogP) is 3.87. The average molecular weight is 372 g/mol. The fourth-order valence-corrected chi connectivity index (χ4v) is 19.0. The third kappa shape index (κ3) is 4.76. The van der Waals surface area contributed by atoms with Crippen LogP contribution in [0.25, 0.3) is 0 Å². The number of aryl methyl sites for hydroxylation is 1. The van der Waals surface area contributed by atoms with Gasteiger partial charge in [0.2, 0.25) is 0 Å². The second-order valence-electron chi connectivity index (χ2n) is 5.80. The van der Waals surface area contributed by atoms with Crippen LogP contribution in [0, 0.1) is 0 Å². The topological polar surface area (TPSA) is 30.7 Å². The molecule has 0 saturated carbocycles. The first kappa shape index (κ1) is 17.0. The summed E-state index contributed by atoms with van der Waals surface area (Å²) >= 11 is -2.31. The van der Waals surface area contributed by atoms with Gasteiger partial charge < -0.3 is 0 Å². The fourth-order valence-electron chi connectivity index (χ4n) is 3.03. The maximum atomic E-state index is 4.69. The molecule has 3 nitrogen and oxygen atoms in total. The summed E-state index contributed by atoms with van der Waals surface area (Å²) in [6, 6.07) is 0. The van der Waals surface area contributed by atoms with Crippen LogP contribution in [0.15, 0.2) is 6.33 Å². The summed E-state index contributed by atoms with van der Waals surface area (Å²) in [5.74, 6) is 0. The van der Waals surface area contributed by atoms with E-state index in [1.54, 1.807) is 6.33 Å². The van der Waals surface area contributed by atoms with Crippen LogP contribution < -0.4 is 3.84 Å². The summed E-state index contributed by atoms with van der Waals surface area (Å²) < 4.78 is 7.93. The molecule has 0 radical (unpaired) electrons. The summed E-state index contributed by atoms with van der Waals surface area (Å²) in [5.41, 5.74) is 0. The van der Waals surface area contributed by atoms with Crippen molar-refractivity contribution >= 4 is 22.2 Å². The molecule has 0 aromatic carbocycles. The van der Waals surface area contributed by atoms with Crippen LogP contribution in [0.3, 0.4) is 0 Å². The van der Waals surface area contributed by atoms with E-state index >= 15 is 0 Å². The van der Waals surface area contributed by atoms with Crippen molar-refractivity contribution in [2.75, 3.05) is 0 Å². The molecule has 0 aliphatic rings. The van der Waals surface area contributed by atoms with E-state index in [9.17, 15) is 0 Å². The molecule has 1 aromatic rings. The van der Waals surface area contributed by atoms with Gasteiger partial charge in [-0.2, -0.15) is 0 Å². The van der Waals surface area contributed by atoms with E-state index in [4.69, 9.17) is 4.98 Å². The molecule has 19 heavy (non-hydrogen) atoms. The van der Waals surface area contributed by atoms with Crippen LogP contribution in [0.4, 0.5) is 0 Å². The van der Waals surface area contributed by atoms with Gasteiger partial charge in [0.25, 0.3) is 0 Å². The molecule has 0 amide bonds. The Labute approximate surface area is 123 Å². The zero-order valence-corrected chi connectivity index (χ0v) is 16.1. The van der Waals surface area contributed by atoms with Gasteiger partial charge in [-0.05, 0) is 0 Å². The van der Waals surface area contributed by atoms with Gasteiger partial charge in [0, 0.05) is 0 Å². The van der Waals surface area contributed by atoms with E-state index in [1.165, 1.54) is 55.7 Å². The summed E-state index contributed by atoms with van der Waals surface area (Å²) in [7, 11) is 2.10. The Bertz CT molecular complexity index is 327. The van der Waals surface area contributed by atoms with Crippen molar-refractivity contribution in [1.82, 2.24) is 14.8 Å². The minimum absolute atomic E-state index is 1.31. The average Bonchev–Trinajstić information content (AvgIpc) is 2.85. The summed E-state index contributed by atoms with van der Waals surface area (Å²) in [6.45, 7) is 6.94. The number of aromatic nitrogens is 3. The Morgan fingerprint density at radius 1 is 0.947 bits per heavy atom. The van der Waals surface area contributed by atoms with E-state index in [2.05, 4.69) is 37.6 Å². The van der Waals surface area contributed by atoms with E-state index in [0.717, 1.165) is 0 Å². The minimum atomic E-state index is -2.31.